The Morgan fingerprint density at radius 2 is 1.83 bits per heavy atom. The molecule has 8 nitrogen and oxygen atoms in total. The minimum Gasteiger partial charge on any atom is -0.444 e. The highest BCUT2D eigenvalue weighted by molar-refractivity contribution is 7.99. The fraction of sp³-hybridized carbons (Fsp3) is 0.733. The highest BCUT2D eigenvalue weighted by Crippen LogP contribution is 2.15. The molecular formula is C15H25N5O3S. The van der Waals surface area contributed by atoms with Gasteiger partial charge in [0.2, 0.25) is 11.1 Å². The first kappa shape index (κ1) is 18.6. The number of nitrogens with zero attached hydrogens (tertiary/aromatic N) is 4. The number of nitrogens with one attached hydrogen (secondary N) is 1. The van der Waals surface area contributed by atoms with Crippen LogP contribution in [0, 0.1) is 0 Å². The van der Waals surface area contributed by atoms with E-state index in [4.69, 9.17) is 4.74 Å². The average molecular weight is 355 g/mol. The van der Waals surface area contributed by atoms with E-state index in [1.807, 2.05) is 27.7 Å². The molecule has 2 heterocycles. The summed E-state index contributed by atoms with van der Waals surface area (Å²) in [5.41, 5.74) is -0.505. The van der Waals surface area contributed by atoms with Crippen molar-refractivity contribution < 1.29 is 14.3 Å². The van der Waals surface area contributed by atoms with Crippen LogP contribution in [0.5, 0.6) is 0 Å². The van der Waals surface area contributed by atoms with Crippen molar-refractivity contribution in [3.63, 3.8) is 0 Å². The third-order valence-electron chi connectivity index (χ3n) is 3.45. The Bertz CT molecular complexity index is 576. The maximum absolute atomic E-state index is 12.3. The Hall–Kier alpha value is -1.77. The third kappa shape index (κ3) is 5.40. The van der Waals surface area contributed by atoms with Crippen molar-refractivity contribution in [2.75, 3.05) is 31.9 Å². The van der Waals surface area contributed by atoms with Gasteiger partial charge >= 0.3 is 6.09 Å². The molecule has 0 aliphatic carbocycles. The van der Waals surface area contributed by atoms with Crippen molar-refractivity contribution in [3.8, 4) is 0 Å². The van der Waals surface area contributed by atoms with Gasteiger partial charge in [-0.2, -0.15) is 0 Å². The summed E-state index contributed by atoms with van der Waals surface area (Å²) in [4.78, 5) is 31.9. The van der Waals surface area contributed by atoms with Crippen LogP contribution in [0.15, 0.2) is 5.16 Å². The minimum absolute atomic E-state index is 0.0340. The average Bonchev–Trinajstić information content (AvgIpc) is 2.99. The molecule has 0 saturated carbocycles. The molecule has 0 atom stereocenters. The molecule has 2 rings (SSSR count). The molecule has 1 aromatic rings. The topological polar surface area (TPSA) is 91.4 Å². The van der Waals surface area contributed by atoms with Gasteiger partial charge < -0.3 is 14.5 Å². The largest absolute Gasteiger partial charge is 0.444 e. The summed E-state index contributed by atoms with van der Waals surface area (Å²) in [5, 5.41) is 7.48. The van der Waals surface area contributed by atoms with Gasteiger partial charge in [-0.15, -0.1) is 5.10 Å². The molecule has 1 saturated heterocycles. The second kappa shape index (κ2) is 7.87. The van der Waals surface area contributed by atoms with E-state index < -0.39 is 5.60 Å². The number of aryl methyl sites for hydroxylation is 1. The van der Waals surface area contributed by atoms with Crippen molar-refractivity contribution in [1.29, 1.82) is 0 Å². The molecule has 1 aliphatic rings. The normalized spacial score (nSPS) is 15.5. The van der Waals surface area contributed by atoms with Crippen molar-refractivity contribution in [3.05, 3.63) is 5.82 Å². The molecule has 1 aromatic heterocycles. The third-order valence-corrected chi connectivity index (χ3v) is 4.29. The summed E-state index contributed by atoms with van der Waals surface area (Å²) in [6.07, 6.45) is 0.463. The summed E-state index contributed by atoms with van der Waals surface area (Å²) in [5.74, 6) is 1.15. The van der Waals surface area contributed by atoms with Gasteiger partial charge in [-0.1, -0.05) is 18.7 Å². The van der Waals surface area contributed by atoms with Crippen LogP contribution in [0.3, 0.4) is 0 Å². The number of carbonyl (C=O) groups excluding carboxylic acids is 2. The summed E-state index contributed by atoms with van der Waals surface area (Å²) in [7, 11) is 0. The summed E-state index contributed by atoms with van der Waals surface area (Å²) in [6, 6.07) is 0. The van der Waals surface area contributed by atoms with E-state index in [1.165, 1.54) is 11.8 Å². The Balaban J connectivity index is 1.75. The number of piperazine rings is 1. The van der Waals surface area contributed by atoms with E-state index in [-0.39, 0.29) is 12.0 Å². The van der Waals surface area contributed by atoms with Crippen LogP contribution in [0.4, 0.5) is 4.79 Å². The first-order valence-corrected chi connectivity index (χ1v) is 9.07. The van der Waals surface area contributed by atoms with Crippen molar-refractivity contribution in [2.24, 2.45) is 0 Å². The van der Waals surface area contributed by atoms with Crippen molar-refractivity contribution >= 4 is 23.8 Å². The van der Waals surface area contributed by atoms with Gasteiger partial charge in [-0.05, 0) is 20.8 Å². The summed E-state index contributed by atoms with van der Waals surface area (Å²) in [6.45, 7) is 9.54. The van der Waals surface area contributed by atoms with E-state index in [0.717, 1.165) is 12.2 Å². The molecule has 24 heavy (non-hydrogen) atoms. The number of ether oxygens (including phenoxy) is 1. The van der Waals surface area contributed by atoms with Crippen LogP contribution in [0.1, 0.15) is 33.5 Å². The van der Waals surface area contributed by atoms with Crippen LogP contribution in [0.2, 0.25) is 0 Å². The lowest BCUT2D eigenvalue weighted by Crippen LogP contribution is -2.52. The van der Waals surface area contributed by atoms with Crippen LogP contribution < -0.4 is 0 Å². The zero-order valence-electron chi connectivity index (χ0n) is 14.7. The smallest absolute Gasteiger partial charge is 0.410 e. The SMILES string of the molecule is CCc1nc(SCC(=O)N2CCN(C(=O)OC(C)(C)C)CC2)n[nH]1. The number of H-pyrrole nitrogens is 1. The fourth-order valence-electron chi connectivity index (χ4n) is 2.18. The minimum atomic E-state index is -0.505. The first-order valence-electron chi connectivity index (χ1n) is 8.08. The van der Waals surface area contributed by atoms with Crippen molar-refractivity contribution in [1.82, 2.24) is 25.0 Å². The molecule has 134 valence electrons. The van der Waals surface area contributed by atoms with Gasteiger partial charge in [-0.3, -0.25) is 9.89 Å². The summed E-state index contributed by atoms with van der Waals surface area (Å²) >= 11 is 1.32. The highest BCUT2D eigenvalue weighted by Gasteiger charge is 2.27. The number of hydrogen-bond acceptors (Lipinski definition) is 6. The number of carbonyl (C=O) groups is 2. The molecule has 0 unspecified atom stereocenters. The fourth-order valence-corrected chi connectivity index (χ4v) is 2.90. The second-order valence-electron chi connectivity index (χ2n) is 6.56. The lowest BCUT2D eigenvalue weighted by molar-refractivity contribution is -0.130. The predicted molar refractivity (Wildman–Crippen MR) is 90.9 cm³/mol. The predicted octanol–water partition coefficient (Wildman–Crippen LogP) is 1.54. The van der Waals surface area contributed by atoms with E-state index in [9.17, 15) is 9.59 Å². The molecule has 0 aromatic carbocycles. The van der Waals surface area contributed by atoms with E-state index in [1.54, 1.807) is 9.80 Å². The van der Waals surface area contributed by atoms with Crippen LogP contribution in [0.25, 0.3) is 0 Å². The van der Waals surface area contributed by atoms with Gasteiger partial charge in [0.1, 0.15) is 11.4 Å². The molecule has 0 spiro atoms. The maximum Gasteiger partial charge on any atom is 0.410 e. The number of thioether (sulfide) groups is 1. The van der Waals surface area contributed by atoms with Crippen molar-refractivity contribution in [2.45, 2.75) is 44.9 Å². The first-order chi connectivity index (χ1) is 11.3. The lowest BCUT2D eigenvalue weighted by Gasteiger charge is -2.35. The van der Waals surface area contributed by atoms with Gasteiger partial charge in [-0.25, -0.2) is 9.78 Å². The molecule has 2 amide bonds. The number of rotatable bonds is 4. The van der Waals surface area contributed by atoms with Gasteiger partial charge in [0.05, 0.1) is 5.75 Å². The Morgan fingerprint density at radius 1 is 1.21 bits per heavy atom. The quantitative estimate of drug-likeness (QED) is 0.824. The van der Waals surface area contributed by atoms with E-state index in [2.05, 4.69) is 15.2 Å². The van der Waals surface area contributed by atoms with Crippen LogP contribution >= 0.6 is 11.8 Å². The Morgan fingerprint density at radius 3 is 2.38 bits per heavy atom. The Labute approximate surface area is 146 Å². The lowest BCUT2D eigenvalue weighted by atomic mass is 10.2. The monoisotopic (exact) mass is 355 g/mol. The molecule has 1 aliphatic heterocycles. The zero-order valence-corrected chi connectivity index (χ0v) is 15.5. The molecule has 9 heteroatoms. The zero-order chi connectivity index (χ0) is 17.7. The number of aromatic amines is 1. The maximum atomic E-state index is 12.3. The molecular weight excluding hydrogens is 330 g/mol. The highest BCUT2D eigenvalue weighted by atomic mass is 32.2. The summed E-state index contributed by atoms with van der Waals surface area (Å²) < 4.78 is 5.35. The molecule has 0 bridgehead atoms. The molecule has 1 N–H and O–H groups in total. The number of amides is 2. The second-order valence-corrected chi connectivity index (χ2v) is 7.50. The number of hydrogen-bond donors (Lipinski definition) is 1. The van der Waals surface area contributed by atoms with E-state index >= 15 is 0 Å². The van der Waals surface area contributed by atoms with Crippen LogP contribution in [-0.4, -0.2) is 74.5 Å². The van der Waals surface area contributed by atoms with Gasteiger partial charge in [0.15, 0.2) is 0 Å². The molecule has 0 radical (unpaired) electrons. The van der Waals surface area contributed by atoms with Crippen LogP contribution in [-0.2, 0) is 16.0 Å². The standard InChI is InChI=1S/C15H25N5O3S/c1-5-11-16-13(18-17-11)24-10-12(21)19-6-8-20(9-7-19)14(22)23-15(2,3)4/h5-10H2,1-4H3,(H,16,17,18). The van der Waals surface area contributed by atoms with E-state index in [0.29, 0.717) is 37.1 Å². The Kier molecular flexibility index (Phi) is 6.09. The number of aromatic nitrogens is 3. The van der Waals surface area contributed by atoms with Gasteiger partial charge in [0, 0.05) is 32.6 Å². The molecule has 1 fully saturated rings. The van der Waals surface area contributed by atoms with Gasteiger partial charge in [0.25, 0.3) is 0 Å².